The van der Waals surface area contributed by atoms with Crippen LogP contribution in [0.2, 0.25) is 0 Å². The van der Waals surface area contributed by atoms with Gasteiger partial charge in [-0.05, 0) is 18.8 Å². The summed E-state index contributed by atoms with van der Waals surface area (Å²) in [5, 5.41) is 5.02. The highest BCUT2D eigenvalue weighted by Gasteiger charge is 2.13. The lowest BCUT2D eigenvalue weighted by Crippen LogP contribution is -2.35. The minimum absolute atomic E-state index is 0.0508. The molecule has 0 fully saturated rings. The molecule has 0 saturated heterocycles. The number of nitrogens with one attached hydrogen (secondary N) is 2. The van der Waals surface area contributed by atoms with Crippen LogP contribution in [0.3, 0.4) is 0 Å². The lowest BCUT2D eigenvalue weighted by atomic mass is 10.1. The summed E-state index contributed by atoms with van der Waals surface area (Å²) >= 11 is 0. The van der Waals surface area contributed by atoms with Crippen molar-refractivity contribution in [2.45, 2.75) is 19.3 Å². The molecule has 1 aliphatic carbocycles. The van der Waals surface area contributed by atoms with Gasteiger partial charge in [0.15, 0.2) is 0 Å². The number of likely N-dealkylation sites (N-methyl/N-ethyl adjacent to an activating group) is 1. The Hall–Kier alpha value is -1.32. The Kier molecular flexibility index (Phi) is 4.16. The molecular weight excluding hydrogens is 180 g/mol. The average molecular weight is 196 g/mol. The van der Waals surface area contributed by atoms with Crippen LogP contribution in [0.1, 0.15) is 19.3 Å². The molecule has 0 aromatic heterocycles. The molecule has 4 heteroatoms. The Morgan fingerprint density at radius 3 is 2.79 bits per heavy atom. The fourth-order valence-corrected chi connectivity index (χ4v) is 1.44. The van der Waals surface area contributed by atoms with Gasteiger partial charge in [-0.1, -0.05) is 12.2 Å². The second-order valence-electron chi connectivity index (χ2n) is 3.42. The smallest absolute Gasteiger partial charge is 0.239 e. The van der Waals surface area contributed by atoms with Gasteiger partial charge in [-0.2, -0.15) is 0 Å². The molecule has 4 nitrogen and oxygen atoms in total. The molecule has 0 saturated carbocycles. The van der Waals surface area contributed by atoms with E-state index >= 15 is 0 Å². The molecule has 1 aliphatic rings. The van der Waals surface area contributed by atoms with Gasteiger partial charge in [0.1, 0.15) is 0 Å². The summed E-state index contributed by atoms with van der Waals surface area (Å²) in [6.45, 7) is 0.0752. The van der Waals surface area contributed by atoms with Gasteiger partial charge < -0.3 is 10.6 Å². The zero-order chi connectivity index (χ0) is 10.4. The Labute approximate surface area is 83.8 Å². The third-order valence-electron chi connectivity index (χ3n) is 2.28. The van der Waals surface area contributed by atoms with E-state index < -0.39 is 0 Å². The van der Waals surface area contributed by atoms with Gasteiger partial charge in [0.05, 0.1) is 6.54 Å². The zero-order valence-electron chi connectivity index (χ0n) is 8.38. The van der Waals surface area contributed by atoms with Crippen LogP contribution < -0.4 is 10.6 Å². The van der Waals surface area contributed by atoms with Gasteiger partial charge in [0.2, 0.25) is 11.8 Å². The first-order valence-electron chi connectivity index (χ1n) is 4.86. The van der Waals surface area contributed by atoms with E-state index in [0.29, 0.717) is 12.3 Å². The van der Waals surface area contributed by atoms with Gasteiger partial charge in [-0.25, -0.2) is 0 Å². The summed E-state index contributed by atoms with van der Waals surface area (Å²) in [5.74, 6) is 0.144. The summed E-state index contributed by atoms with van der Waals surface area (Å²) in [6, 6.07) is 0. The first-order valence-corrected chi connectivity index (χ1v) is 4.86. The predicted octanol–water partition coefficient (Wildman–Crippen LogP) is 0.205. The molecule has 0 bridgehead atoms. The molecule has 14 heavy (non-hydrogen) atoms. The van der Waals surface area contributed by atoms with Gasteiger partial charge in [0, 0.05) is 13.5 Å². The van der Waals surface area contributed by atoms with Crippen molar-refractivity contribution in [3.63, 3.8) is 0 Å². The van der Waals surface area contributed by atoms with Crippen LogP contribution >= 0.6 is 0 Å². The summed E-state index contributed by atoms with van der Waals surface area (Å²) in [4.78, 5) is 22.1. The molecule has 1 unspecified atom stereocenters. The SMILES string of the molecule is CNC(=O)CNC(=O)CC1C=CCC1. The monoisotopic (exact) mass is 196 g/mol. The molecule has 0 aromatic carbocycles. The Balaban J connectivity index is 2.15. The van der Waals surface area contributed by atoms with Gasteiger partial charge in [0.25, 0.3) is 0 Å². The molecule has 0 radical (unpaired) electrons. The first kappa shape index (κ1) is 10.8. The first-order chi connectivity index (χ1) is 6.72. The lowest BCUT2D eigenvalue weighted by molar-refractivity contribution is -0.126. The summed E-state index contributed by atoms with van der Waals surface area (Å²) < 4.78 is 0. The Morgan fingerprint density at radius 1 is 1.43 bits per heavy atom. The maximum Gasteiger partial charge on any atom is 0.239 e. The van der Waals surface area contributed by atoms with E-state index in [1.807, 2.05) is 0 Å². The number of hydrogen-bond acceptors (Lipinski definition) is 2. The van der Waals surface area contributed by atoms with Crippen molar-refractivity contribution in [3.05, 3.63) is 12.2 Å². The molecular formula is C10H16N2O2. The van der Waals surface area contributed by atoms with Crippen molar-refractivity contribution in [3.8, 4) is 0 Å². The minimum atomic E-state index is -0.166. The van der Waals surface area contributed by atoms with Crippen molar-refractivity contribution in [2.75, 3.05) is 13.6 Å². The fraction of sp³-hybridized carbons (Fsp3) is 0.600. The summed E-state index contributed by atoms with van der Waals surface area (Å²) in [6.07, 6.45) is 6.77. The molecule has 0 heterocycles. The van der Waals surface area contributed by atoms with Crippen LogP contribution in [-0.4, -0.2) is 25.4 Å². The van der Waals surface area contributed by atoms with Crippen molar-refractivity contribution in [1.29, 1.82) is 0 Å². The molecule has 0 spiro atoms. The molecule has 2 amide bonds. The normalized spacial score (nSPS) is 19.4. The maximum absolute atomic E-state index is 11.3. The maximum atomic E-state index is 11.3. The second-order valence-corrected chi connectivity index (χ2v) is 3.42. The standard InChI is InChI=1S/C10H16N2O2/c1-11-10(14)7-12-9(13)6-8-4-2-3-5-8/h2,4,8H,3,5-7H2,1H3,(H,11,14)(H,12,13). The number of hydrogen-bond donors (Lipinski definition) is 2. The van der Waals surface area contributed by atoms with Crippen LogP contribution in [0.25, 0.3) is 0 Å². The summed E-state index contributed by atoms with van der Waals surface area (Å²) in [5.41, 5.74) is 0. The van der Waals surface area contributed by atoms with E-state index in [1.165, 1.54) is 0 Å². The molecule has 0 aromatic rings. The van der Waals surface area contributed by atoms with Gasteiger partial charge in [-0.15, -0.1) is 0 Å². The molecule has 1 rings (SSSR count). The Morgan fingerprint density at radius 2 is 2.21 bits per heavy atom. The number of carbonyl (C=O) groups is 2. The van der Waals surface area contributed by atoms with E-state index in [4.69, 9.17) is 0 Å². The van der Waals surface area contributed by atoms with Crippen LogP contribution in [0.4, 0.5) is 0 Å². The minimum Gasteiger partial charge on any atom is -0.358 e. The quantitative estimate of drug-likeness (QED) is 0.631. The second kappa shape index (κ2) is 5.42. The predicted molar refractivity (Wildman–Crippen MR) is 53.6 cm³/mol. The van der Waals surface area contributed by atoms with Crippen molar-refractivity contribution >= 4 is 11.8 Å². The number of allylic oxidation sites excluding steroid dienone is 2. The van der Waals surface area contributed by atoms with E-state index in [1.54, 1.807) is 7.05 Å². The average Bonchev–Trinajstić information content (AvgIpc) is 2.66. The third-order valence-corrected chi connectivity index (χ3v) is 2.28. The fourth-order valence-electron chi connectivity index (χ4n) is 1.44. The lowest BCUT2D eigenvalue weighted by Gasteiger charge is -2.07. The molecule has 0 aliphatic heterocycles. The molecule has 1 atom stereocenters. The van der Waals surface area contributed by atoms with Crippen LogP contribution in [0, 0.1) is 5.92 Å². The van der Waals surface area contributed by atoms with Crippen LogP contribution in [0.5, 0.6) is 0 Å². The highest BCUT2D eigenvalue weighted by atomic mass is 16.2. The van der Waals surface area contributed by atoms with Gasteiger partial charge >= 0.3 is 0 Å². The summed E-state index contributed by atoms with van der Waals surface area (Å²) in [7, 11) is 1.55. The highest BCUT2D eigenvalue weighted by Crippen LogP contribution is 2.19. The van der Waals surface area contributed by atoms with E-state index in [2.05, 4.69) is 22.8 Å². The van der Waals surface area contributed by atoms with E-state index in [9.17, 15) is 9.59 Å². The third kappa shape index (κ3) is 3.60. The topological polar surface area (TPSA) is 58.2 Å². The largest absolute Gasteiger partial charge is 0.358 e. The van der Waals surface area contributed by atoms with E-state index in [-0.39, 0.29) is 18.4 Å². The van der Waals surface area contributed by atoms with Crippen molar-refractivity contribution in [2.24, 2.45) is 5.92 Å². The highest BCUT2D eigenvalue weighted by molar-refractivity contribution is 5.84. The van der Waals surface area contributed by atoms with E-state index in [0.717, 1.165) is 12.8 Å². The Bertz CT molecular complexity index is 249. The van der Waals surface area contributed by atoms with Crippen LogP contribution in [0.15, 0.2) is 12.2 Å². The number of rotatable bonds is 4. The van der Waals surface area contributed by atoms with Crippen molar-refractivity contribution in [1.82, 2.24) is 10.6 Å². The van der Waals surface area contributed by atoms with Crippen LogP contribution in [-0.2, 0) is 9.59 Å². The number of carbonyl (C=O) groups excluding carboxylic acids is 2. The van der Waals surface area contributed by atoms with Gasteiger partial charge in [-0.3, -0.25) is 9.59 Å². The molecule has 2 N–H and O–H groups in total. The van der Waals surface area contributed by atoms with Crippen molar-refractivity contribution < 1.29 is 9.59 Å². The zero-order valence-corrected chi connectivity index (χ0v) is 8.38. The number of amides is 2. The molecule has 78 valence electrons.